The molecule has 0 aliphatic carbocycles. The first-order valence-corrected chi connectivity index (χ1v) is 5.71. The zero-order valence-electron chi connectivity index (χ0n) is 10.1. The van der Waals surface area contributed by atoms with Crippen molar-refractivity contribution in [2.75, 3.05) is 0 Å². The molecule has 1 saturated heterocycles. The highest BCUT2D eigenvalue weighted by Crippen LogP contribution is 2.10. The molecular formula is C11H16N4O3. The predicted octanol–water partition coefficient (Wildman–Crippen LogP) is -1.22. The fourth-order valence-corrected chi connectivity index (χ4v) is 1.82. The zero-order valence-corrected chi connectivity index (χ0v) is 10.1. The van der Waals surface area contributed by atoms with Crippen LogP contribution in [0.2, 0.25) is 0 Å². The maximum atomic E-state index is 11.8. The maximum Gasteiger partial charge on any atom is 0.243 e. The van der Waals surface area contributed by atoms with Gasteiger partial charge in [-0.3, -0.25) is 14.4 Å². The fourth-order valence-electron chi connectivity index (χ4n) is 1.82. The Balaban J connectivity index is 2.61. The third-order valence-electron chi connectivity index (χ3n) is 2.90. The molecule has 0 bridgehead atoms. The van der Waals surface area contributed by atoms with Crippen molar-refractivity contribution >= 4 is 17.7 Å². The highest BCUT2D eigenvalue weighted by Gasteiger charge is 2.31. The Bertz CT molecular complexity index is 402. The molecule has 1 aliphatic rings. The van der Waals surface area contributed by atoms with E-state index in [9.17, 15) is 14.4 Å². The molecule has 1 fully saturated rings. The Morgan fingerprint density at radius 3 is 2.78 bits per heavy atom. The lowest BCUT2D eigenvalue weighted by molar-refractivity contribution is -0.130. The Kier molecular flexibility index (Phi) is 4.66. The number of rotatable bonds is 5. The summed E-state index contributed by atoms with van der Waals surface area (Å²) in [6.07, 6.45) is 0.820. The molecule has 0 radical (unpaired) electrons. The number of amides is 3. The summed E-state index contributed by atoms with van der Waals surface area (Å²) in [6.45, 7) is 1.66. The predicted molar refractivity (Wildman–Crippen MR) is 61.7 cm³/mol. The van der Waals surface area contributed by atoms with Gasteiger partial charge in [-0.15, -0.1) is 0 Å². The van der Waals surface area contributed by atoms with Crippen molar-refractivity contribution in [1.29, 1.82) is 5.26 Å². The lowest BCUT2D eigenvalue weighted by Gasteiger charge is -2.22. The molecule has 0 spiro atoms. The molecule has 7 nitrogen and oxygen atoms in total. The van der Waals surface area contributed by atoms with Gasteiger partial charge in [0, 0.05) is 12.8 Å². The number of carbonyl (C=O) groups excluding carboxylic acids is 3. The summed E-state index contributed by atoms with van der Waals surface area (Å²) >= 11 is 0. The number of nitrogens with zero attached hydrogens (tertiary/aromatic N) is 1. The molecule has 0 aromatic rings. The quantitative estimate of drug-likeness (QED) is 0.567. The van der Waals surface area contributed by atoms with E-state index in [1.807, 2.05) is 6.07 Å². The first-order valence-electron chi connectivity index (χ1n) is 5.71. The molecule has 1 heterocycles. The molecule has 0 aromatic carbocycles. The third-order valence-corrected chi connectivity index (χ3v) is 2.90. The van der Waals surface area contributed by atoms with E-state index in [0.717, 1.165) is 0 Å². The van der Waals surface area contributed by atoms with Crippen LogP contribution in [-0.2, 0) is 14.4 Å². The number of nitriles is 1. The normalized spacial score (nSPS) is 21.6. The summed E-state index contributed by atoms with van der Waals surface area (Å²) in [4.78, 5) is 34.0. The SMILES string of the molecule is C[C@H](CC#N)[C@H](NC(=O)[C@H]1CCC(=O)N1)C(N)=O. The Morgan fingerprint density at radius 1 is 1.67 bits per heavy atom. The van der Waals surface area contributed by atoms with E-state index < -0.39 is 23.9 Å². The van der Waals surface area contributed by atoms with Crippen LogP contribution in [0.5, 0.6) is 0 Å². The van der Waals surface area contributed by atoms with Gasteiger partial charge in [-0.25, -0.2) is 0 Å². The van der Waals surface area contributed by atoms with Crippen LogP contribution in [0.25, 0.3) is 0 Å². The second kappa shape index (κ2) is 6.00. The van der Waals surface area contributed by atoms with Gasteiger partial charge in [0.15, 0.2) is 0 Å². The Hall–Kier alpha value is -2.10. The van der Waals surface area contributed by atoms with E-state index >= 15 is 0 Å². The van der Waals surface area contributed by atoms with Crippen LogP contribution in [0, 0.1) is 17.2 Å². The van der Waals surface area contributed by atoms with Crippen LogP contribution in [0.15, 0.2) is 0 Å². The van der Waals surface area contributed by atoms with Gasteiger partial charge in [-0.05, 0) is 12.3 Å². The van der Waals surface area contributed by atoms with Crippen LogP contribution < -0.4 is 16.4 Å². The van der Waals surface area contributed by atoms with Crippen LogP contribution in [0.3, 0.4) is 0 Å². The van der Waals surface area contributed by atoms with E-state index in [4.69, 9.17) is 11.0 Å². The summed E-state index contributed by atoms with van der Waals surface area (Å²) in [5.74, 6) is -1.67. The number of nitrogens with one attached hydrogen (secondary N) is 2. The lowest BCUT2D eigenvalue weighted by Crippen LogP contribution is -2.53. The van der Waals surface area contributed by atoms with Gasteiger partial charge in [-0.2, -0.15) is 5.26 Å². The first kappa shape index (κ1) is 14.0. The van der Waals surface area contributed by atoms with Gasteiger partial charge >= 0.3 is 0 Å². The van der Waals surface area contributed by atoms with Crippen molar-refractivity contribution < 1.29 is 14.4 Å². The van der Waals surface area contributed by atoms with Gasteiger partial charge in [0.2, 0.25) is 17.7 Å². The zero-order chi connectivity index (χ0) is 13.7. The Morgan fingerprint density at radius 2 is 2.33 bits per heavy atom. The average Bonchev–Trinajstić information content (AvgIpc) is 2.72. The highest BCUT2D eigenvalue weighted by atomic mass is 16.2. The van der Waals surface area contributed by atoms with Crippen LogP contribution in [0.4, 0.5) is 0 Å². The molecule has 1 aliphatic heterocycles. The summed E-state index contributed by atoms with van der Waals surface area (Å²) < 4.78 is 0. The molecule has 7 heteroatoms. The standard InChI is InChI=1S/C11H16N4O3/c1-6(4-5-12)9(10(13)17)15-11(18)7-2-3-8(16)14-7/h6-7,9H,2-4H2,1H3,(H2,13,17)(H,14,16)(H,15,18)/t6-,7-,9+/m1/s1. The molecule has 3 atom stereocenters. The number of hydrogen-bond acceptors (Lipinski definition) is 4. The molecule has 0 unspecified atom stereocenters. The molecular weight excluding hydrogens is 236 g/mol. The molecule has 3 amide bonds. The topological polar surface area (TPSA) is 125 Å². The van der Waals surface area contributed by atoms with Crippen LogP contribution >= 0.6 is 0 Å². The van der Waals surface area contributed by atoms with Gasteiger partial charge in [-0.1, -0.05) is 6.92 Å². The van der Waals surface area contributed by atoms with E-state index in [-0.39, 0.29) is 18.2 Å². The van der Waals surface area contributed by atoms with Crippen LogP contribution in [0.1, 0.15) is 26.2 Å². The molecule has 0 aromatic heterocycles. The largest absolute Gasteiger partial charge is 0.368 e. The van der Waals surface area contributed by atoms with Crippen molar-refractivity contribution in [2.24, 2.45) is 11.7 Å². The van der Waals surface area contributed by atoms with Gasteiger partial charge in [0.1, 0.15) is 12.1 Å². The second-order valence-electron chi connectivity index (χ2n) is 4.39. The summed E-state index contributed by atoms with van der Waals surface area (Å²) in [5.41, 5.74) is 5.19. The van der Waals surface area contributed by atoms with Crippen molar-refractivity contribution in [3.63, 3.8) is 0 Å². The monoisotopic (exact) mass is 252 g/mol. The Labute approximate surface area is 105 Å². The van der Waals surface area contributed by atoms with Crippen LogP contribution in [-0.4, -0.2) is 29.8 Å². The van der Waals surface area contributed by atoms with Gasteiger partial charge in [0.25, 0.3) is 0 Å². The average molecular weight is 252 g/mol. The molecule has 98 valence electrons. The maximum absolute atomic E-state index is 11.8. The van der Waals surface area contributed by atoms with E-state index in [1.54, 1.807) is 6.92 Å². The minimum absolute atomic E-state index is 0.116. The molecule has 18 heavy (non-hydrogen) atoms. The summed E-state index contributed by atoms with van der Waals surface area (Å²) in [6, 6.07) is 0.413. The van der Waals surface area contributed by atoms with Gasteiger partial charge in [0.05, 0.1) is 6.07 Å². The minimum Gasteiger partial charge on any atom is -0.368 e. The number of nitrogens with two attached hydrogens (primary N) is 1. The molecule has 0 saturated carbocycles. The fraction of sp³-hybridized carbons (Fsp3) is 0.636. The van der Waals surface area contributed by atoms with Gasteiger partial charge < -0.3 is 16.4 Å². The number of hydrogen-bond donors (Lipinski definition) is 3. The summed E-state index contributed by atoms with van der Waals surface area (Å²) in [5, 5.41) is 13.6. The highest BCUT2D eigenvalue weighted by molar-refractivity contribution is 5.93. The number of primary amides is 1. The lowest BCUT2D eigenvalue weighted by atomic mass is 9.98. The summed E-state index contributed by atoms with van der Waals surface area (Å²) in [7, 11) is 0. The molecule has 4 N–H and O–H groups in total. The third kappa shape index (κ3) is 3.45. The first-order chi connectivity index (χ1) is 8.45. The van der Waals surface area contributed by atoms with Crippen molar-refractivity contribution in [1.82, 2.24) is 10.6 Å². The van der Waals surface area contributed by atoms with Crippen molar-refractivity contribution in [3.05, 3.63) is 0 Å². The smallest absolute Gasteiger partial charge is 0.243 e. The van der Waals surface area contributed by atoms with E-state index in [2.05, 4.69) is 10.6 Å². The van der Waals surface area contributed by atoms with E-state index in [1.165, 1.54) is 0 Å². The molecule has 1 rings (SSSR count). The van der Waals surface area contributed by atoms with Crippen molar-refractivity contribution in [2.45, 2.75) is 38.3 Å². The second-order valence-corrected chi connectivity index (χ2v) is 4.39. The number of carbonyl (C=O) groups is 3. The minimum atomic E-state index is -0.894. The van der Waals surface area contributed by atoms with Crippen molar-refractivity contribution in [3.8, 4) is 6.07 Å². The van der Waals surface area contributed by atoms with E-state index in [0.29, 0.717) is 12.8 Å².